The SMILES string of the molecule is COc1cccc(OC)c1C(=O)Nc1nnc(-c2cc(Cl)cc(Cl)c2)s1. The highest BCUT2D eigenvalue weighted by molar-refractivity contribution is 7.18. The number of anilines is 1. The highest BCUT2D eigenvalue weighted by atomic mass is 35.5. The highest BCUT2D eigenvalue weighted by Gasteiger charge is 2.20. The molecule has 0 saturated carbocycles. The first-order valence-corrected chi connectivity index (χ1v) is 8.91. The normalized spacial score (nSPS) is 10.5. The van der Waals surface area contributed by atoms with Crippen LogP contribution in [0.3, 0.4) is 0 Å². The van der Waals surface area contributed by atoms with Crippen LogP contribution in [-0.4, -0.2) is 30.3 Å². The molecule has 134 valence electrons. The van der Waals surface area contributed by atoms with E-state index in [0.29, 0.717) is 31.7 Å². The van der Waals surface area contributed by atoms with Gasteiger partial charge in [-0.25, -0.2) is 0 Å². The Hall–Kier alpha value is -2.35. The molecule has 0 aliphatic heterocycles. The third-order valence-corrected chi connectivity index (χ3v) is 4.73. The third-order valence-electron chi connectivity index (χ3n) is 3.41. The second-order valence-electron chi connectivity index (χ2n) is 5.06. The van der Waals surface area contributed by atoms with Crippen molar-refractivity contribution in [3.63, 3.8) is 0 Å². The molecule has 0 atom stereocenters. The number of carbonyl (C=O) groups is 1. The van der Waals surface area contributed by atoms with Crippen LogP contribution < -0.4 is 14.8 Å². The zero-order chi connectivity index (χ0) is 18.7. The molecular weight excluding hydrogens is 397 g/mol. The van der Waals surface area contributed by atoms with Crippen LogP contribution >= 0.6 is 34.5 Å². The summed E-state index contributed by atoms with van der Waals surface area (Å²) in [5.41, 5.74) is 0.996. The van der Waals surface area contributed by atoms with Crippen LogP contribution in [0.1, 0.15) is 10.4 Å². The van der Waals surface area contributed by atoms with Crippen molar-refractivity contribution in [3.8, 4) is 22.1 Å². The monoisotopic (exact) mass is 409 g/mol. The van der Waals surface area contributed by atoms with Gasteiger partial charge in [0.15, 0.2) is 0 Å². The van der Waals surface area contributed by atoms with E-state index in [1.807, 2.05) is 0 Å². The second kappa shape index (κ2) is 7.90. The lowest BCUT2D eigenvalue weighted by Crippen LogP contribution is -2.14. The fourth-order valence-electron chi connectivity index (χ4n) is 2.30. The number of hydrogen-bond donors (Lipinski definition) is 1. The molecule has 2 aromatic carbocycles. The van der Waals surface area contributed by atoms with Gasteiger partial charge in [0, 0.05) is 15.6 Å². The molecule has 0 fully saturated rings. The van der Waals surface area contributed by atoms with Crippen LogP contribution in [0.4, 0.5) is 5.13 Å². The highest BCUT2D eigenvalue weighted by Crippen LogP contribution is 2.33. The number of benzene rings is 2. The Morgan fingerprint density at radius 2 is 1.65 bits per heavy atom. The summed E-state index contributed by atoms with van der Waals surface area (Å²) < 4.78 is 10.5. The molecule has 3 rings (SSSR count). The number of ether oxygens (including phenoxy) is 2. The fraction of sp³-hybridized carbons (Fsp3) is 0.118. The van der Waals surface area contributed by atoms with Crippen LogP contribution in [0.15, 0.2) is 36.4 Å². The van der Waals surface area contributed by atoms with Crippen molar-refractivity contribution < 1.29 is 14.3 Å². The average molecular weight is 410 g/mol. The number of nitrogens with one attached hydrogen (secondary N) is 1. The van der Waals surface area contributed by atoms with Crippen molar-refractivity contribution in [2.75, 3.05) is 19.5 Å². The topological polar surface area (TPSA) is 73.3 Å². The van der Waals surface area contributed by atoms with E-state index in [1.54, 1.807) is 36.4 Å². The first-order chi connectivity index (χ1) is 12.5. The summed E-state index contributed by atoms with van der Waals surface area (Å²) in [4.78, 5) is 12.7. The van der Waals surface area contributed by atoms with E-state index in [9.17, 15) is 4.79 Å². The average Bonchev–Trinajstić information content (AvgIpc) is 3.08. The van der Waals surface area contributed by atoms with E-state index in [0.717, 1.165) is 5.56 Å². The summed E-state index contributed by atoms with van der Waals surface area (Å²) in [6.45, 7) is 0. The standard InChI is InChI=1S/C17H13Cl2N3O3S/c1-24-12-4-3-5-13(25-2)14(12)15(23)20-17-22-21-16(26-17)9-6-10(18)8-11(19)7-9/h3-8H,1-2H3,(H,20,22,23). The molecule has 0 aliphatic rings. The zero-order valence-electron chi connectivity index (χ0n) is 13.7. The molecule has 0 saturated heterocycles. The van der Waals surface area contributed by atoms with Gasteiger partial charge in [0.2, 0.25) is 5.13 Å². The lowest BCUT2D eigenvalue weighted by molar-refractivity contribution is 0.102. The second-order valence-corrected chi connectivity index (χ2v) is 6.91. The van der Waals surface area contributed by atoms with Gasteiger partial charge >= 0.3 is 0 Å². The minimum Gasteiger partial charge on any atom is -0.496 e. The molecule has 1 heterocycles. The molecule has 0 aliphatic carbocycles. The van der Waals surface area contributed by atoms with Crippen molar-refractivity contribution in [1.29, 1.82) is 0 Å². The summed E-state index contributed by atoms with van der Waals surface area (Å²) >= 11 is 13.2. The first-order valence-electron chi connectivity index (χ1n) is 7.34. The largest absolute Gasteiger partial charge is 0.496 e. The van der Waals surface area contributed by atoms with Crippen molar-refractivity contribution in [1.82, 2.24) is 10.2 Å². The van der Waals surface area contributed by atoms with Gasteiger partial charge < -0.3 is 9.47 Å². The van der Waals surface area contributed by atoms with E-state index in [-0.39, 0.29) is 5.56 Å². The number of nitrogens with zero attached hydrogens (tertiary/aromatic N) is 2. The number of hydrogen-bond acceptors (Lipinski definition) is 6. The summed E-state index contributed by atoms with van der Waals surface area (Å²) in [6, 6.07) is 10.2. The predicted octanol–water partition coefficient (Wildman–Crippen LogP) is 4.78. The summed E-state index contributed by atoms with van der Waals surface area (Å²) in [7, 11) is 2.97. The molecule has 1 N–H and O–H groups in total. The van der Waals surface area contributed by atoms with Crippen LogP contribution in [0.2, 0.25) is 10.0 Å². The Morgan fingerprint density at radius 1 is 1.04 bits per heavy atom. The molecule has 1 aromatic heterocycles. The van der Waals surface area contributed by atoms with Crippen LogP contribution in [0.25, 0.3) is 10.6 Å². The lowest BCUT2D eigenvalue weighted by Gasteiger charge is -2.11. The van der Waals surface area contributed by atoms with Gasteiger partial charge in [-0.3, -0.25) is 10.1 Å². The summed E-state index contributed by atoms with van der Waals surface area (Å²) in [6.07, 6.45) is 0. The Balaban J connectivity index is 1.87. The van der Waals surface area contributed by atoms with Crippen LogP contribution in [0.5, 0.6) is 11.5 Å². The maximum Gasteiger partial charge on any atom is 0.265 e. The van der Waals surface area contributed by atoms with Crippen molar-refractivity contribution in [2.45, 2.75) is 0 Å². The number of halogens is 2. The molecule has 9 heteroatoms. The van der Waals surface area contributed by atoms with Gasteiger partial charge in [-0.05, 0) is 30.3 Å². The van der Waals surface area contributed by atoms with Gasteiger partial charge in [-0.1, -0.05) is 40.6 Å². The molecule has 1 amide bonds. The third kappa shape index (κ3) is 3.90. The molecule has 0 unspecified atom stereocenters. The maximum absolute atomic E-state index is 12.7. The molecule has 0 bridgehead atoms. The number of amides is 1. The van der Waals surface area contributed by atoms with Crippen LogP contribution in [0, 0.1) is 0 Å². The van der Waals surface area contributed by atoms with E-state index in [2.05, 4.69) is 15.5 Å². The minimum absolute atomic E-state index is 0.278. The van der Waals surface area contributed by atoms with E-state index in [1.165, 1.54) is 25.6 Å². The molecule has 3 aromatic rings. The number of rotatable bonds is 5. The van der Waals surface area contributed by atoms with Crippen molar-refractivity contribution >= 4 is 45.6 Å². The van der Waals surface area contributed by atoms with Gasteiger partial charge in [0.25, 0.3) is 5.91 Å². The number of methoxy groups -OCH3 is 2. The Bertz CT molecular complexity index is 920. The number of aromatic nitrogens is 2. The van der Waals surface area contributed by atoms with E-state index in [4.69, 9.17) is 32.7 Å². The Morgan fingerprint density at radius 3 is 2.23 bits per heavy atom. The molecule has 6 nitrogen and oxygen atoms in total. The van der Waals surface area contributed by atoms with Gasteiger partial charge in [-0.2, -0.15) is 0 Å². The lowest BCUT2D eigenvalue weighted by atomic mass is 10.1. The molecule has 0 spiro atoms. The van der Waals surface area contributed by atoms with Gasteiger partial charge in [0.1, 0.15) is 22.1 Å². The zero-order valence-corrected chi connectivity index (χ0v) is 16.1. The predicted molar refractivity (Wildman–Crippen MR) is 103 cm³/mol. The molecule has 0 radical (unpaired) electrons. The van der Waals surface area contributed by atoms with E-state index < -0.39 is 5.91 Å². The smallest absolute Gasteiger partial charge is 0.265 e. The van der Waals surface area contributed by atoms with Crippen molar-refractivity contribution in [3.05, 3.63) is 52.0 Å². The molecular formula is C17H13Cl2N3O3S. The fourth-order valence-corrected chi connectivity index (χ4v) is 3.55. The Labute approximate surface area is 163 Å². The number of carbonyl (C=O) groups excluding carboxylic acids is 1. The van der Waals surface area contributed by atoms with E-state index >= 15 is 0 Å². The Kier molecular flexibility index (Phi) is 5.61. The van der Waals surface area contributed by atoms with Crippen molar-refractivity contribution in [2.24, 2.45) is 0 Å². The van der Waals surface area contributed by atoms with Gasteiger partial charge in [0.05, 0.1) is 14.2 Å². The molecule has 26 heavy (non-hydrogen) atoms. The summed E-state index contributed by atoms with van der Waals surface area (Å²) in [5.74, 6) is 0.382. The first kappa shape index (κ1) is 18.4. The van der Waals surface area contributed by atoms with Gasteiger partial charge in [-0.15, -0.1) is 10.2 Å². The maximum atomic E-state index is 12.7. The quantitative estimate of drug-likeness (QED) is 0.655. The minimum atomic E-state index is -0.411. The van der Waals surface area contributed by atoms with Crippen LogP contribution in [-0.2, 0) is 0 Å². The summed E-state index contributed by atoms with van der Waals surface area (Å²) in [5, 5.41) is 12.7.